The molecule has 0 bridgehead atoms. The molecule has 3 aromatic rings. The molecule has 3 rings (SSSR count). The van der Waals surface area contributed by atoms with Crippen LogP contribution in [-0.2, 0) is 12.1 Å². The second kappa shape index (κ2) is 13.2. The Hall–Kier alpha value is -3.94. The molecule has 0 atom stereocenters. The molecule has 244 valence electrons. The average Bonchev–Trinajstić information content (AvgIpc) is 2.92. The summed E-state index contributed by atoms with van der Waals surface area (Å²) in [7, 11) is 1.17. The maximum Gasteiger partial charge on any atom is 0.435 e. The number of methoxy groups -OCH3 is 1. The molecular formula is C30H25ClF9NO4. The molecule has 0 saturated heterocycles. The van der Waals surface area contributed by atoms with Crippen molar-refractivity contribution in [2.75, 3.05) is 18.6 Å². The van der Waals surface area contributed by atoms with Gasteiger partial charge in [-0.15, -0.1) is 0 Å². The third kappa shape index (κ3) is 7.00. The van der Waals surface area contributed by atoms with Gasteiger partial charge in [0.05, 0.1) is 18.4 Å². The number of carbonyl (C=O) groups excluding carboxylic acids is 2. The molecule has 0 spiro atoms. The highest BCUT2D eigenvalue weighted by atomic mass is 35.5. The van der Waals surface area contributed by atoms with Crippen molar-refractivity contribution in [3.63, 3.8) is 0 Å². The van der Waals surface area contributed by atoms with Crippen LogP contribution in [0.2, 0.25) is 5.02 Å². The standard InChI is InChI=1S/C30H25ClF9NO4/c1-5-41(26(43)18-10-9-15(2)11-16(18)3)22-8-6-7-19(25(22)44-4)23(42)14-20-21(31)12-17(13-24(20)45-27(32)33)28(34,29(35,36)37)30(38,39)40/h6-13,27H,5,14H2,1-4H3. The number of nitrogens with zero attached hydrogens (tertiary/aromatic N) is 1. The number of Topliss-reactive ketones (excluding diaryl/α,β-unsaturated/α-hetero) is 1. The number of amides is 1. The van der Waals surface area contributed by atoms with Gasteiger partial charge in [0.25, 0.3) is 5.91 Å². The van der Waals surface area contributed by atoms with Gasteiger partial charge in [0, 0.05) is 34.7 Å². The normalized spacial score (nSPS) is 12.3. The molecule has 5 nitrogen and oxygen atoms in total. The van der Waals surface area contributed by atoms with Gasteiger partial charge in [0.15, 0.2) is 11.5 Å². The fourth-order valence-corrected chi connectivity index (χ4v) is 5.00. The lowest BCUT2D eigenvalue weighted by Crippen LogP contribution is -2.50. The van der Waals surface area contributed by atoms with Crippen LogP contribution in [0.4, 0.5) is 45.2 Å². The number of hydrogen-bond acceptors (Lipinski definition) is 4. The van der Waals surface area contributed by atoms with Crippen LogP contribution in [-0.4, -0.2) is 44.3 Å². The summed E-state index contributed by atoms with van der Waals surface area (Å²) in [6.07, 6.45) is -14.1. The van der Waals surface area contributed by atoms with Gasteiger partial charge in [-0.05, 0) is 56.7 Å². The molecule has 0 fully saturated rings. The Labute approximate surface area is 256 Å². The lowest BCUT2D eigenvalue weighted by molar-refractivity contribution is -0.348. The minimum atomic E-state index is -6.57. The molecular weight excluding hydrogens is 645 g/mol. The van der Waals surface area contributed by atoms with E-state index in [9.17, 15) is 49.1 Å². The van der Waals surface area contributed by atoms with Crippen LogP contribution in [0.3, 0.4) is 0 Å². The number of rotatable bonds is 10. The number of hydrogen-bond donors (Lipinski definition) is 0. The van der Waals surface area contributed by atoms with Gasteiger partial charge >= 0.3 is 24.6 Å². The van der Waals surface area contributed by atoms with E-state index in [1.165, 1.54) is 30.2 Å². The van der Waals surface area contributed by atoms with E-state index in [1.54, 1.807) is 32.0 Å². The van der Waals surface area contributed by atoms with Crippen LogP contribution in [0.25, 0.3) is 0 Å². The Bertz CT molecular complexity index is 1570. The van der Waals surface area contributed by atoms with Crippen LogP contribution < -0.4 is 14.4 Å². The average molecular weight is 670 g/mol. The monoisotopic (exact) mass is 669 g/mol. The van der Waals surface area contributed by atoms with E-state index in [4.69, 9.17) is 16.3 Å². The summed E-state index contributed by atoms with van der Waals surface area (Å²) in [5, 5.41) is -1.08. The second-order valence-electron chi connectivity index (χ2n) is 9.79. The van der Waals surface area contributed by atoms with Gasteiger partial charge in [-0.2, -0.15) is 35.1 Å². The summed E-state index contributed by atoms with van der Waals surface area (Å²) in [6.45, 7) is 1.52. The van der Waals surface area contributed by atoms with Crippen LogP contribution in [0.5, 0.6) is 11.5 Å². The lowest BCUT2D eigenvalue weighted by Gasteiger charge is -2.31. The second-order valence-corrected chi connectivity index (χ2v) is 10.2. The number of ether oxygens (including phenoxy) is 2. The van der Waals surface area contributed by atoms with Gasteiger partial charge in [-0.25, -0.2) is 4.39 Å². The molecule has 0 N–H and O–H groups in total. The van der Waals surface area contributed by atoms with Crippen molar-refractivity contribution in [2.45, 2.75) is 51.8 Å². The van der Waals surface area contributed by atoms with E-state index in [2.05, 4.69) is 4.74 Å². The van der Waals surface area contributed by atoms with Gasteiger partial charge in [-0.1, -0.05) is 35.4 Å². The van der Waals surface area contributed by atoms with E-state index >= 15 is 0 Å². The smallest absolute Gasteiger partial charge is 0.435 e. The van der Waals surface area contributed by atoms with Crippen molar-refractivity contribution < 1.29 is 58.6 Å². The van der Waals surface area contributed by atoms with Crippen molar-refractivity contribution in [3.8, 4) is 11.5 Å². The molecule has 0 aliphatic rings. The van der Waals surface area contributed by atoms with Crippen molar-refractivity contribution in [3.05, 3.63) is 86.9 Å². The third-order valence-corrected chi connectivity index (χ3v) is 7.19. The Balaban J connectivity index is 2.12. The van der Waals surface area contributed by atoms with Crippen molar-refractivity contribution in [1.29, 1.82) is 0 Å². The Morgan fingerprint density at radius 3 is 2.04 bits per heavy atom. The molecule has 3 aromatic carbocycles. The van der Waals surface area contributed by atoms with Crippen molar-refractivity contribution in [1.82, 2.24) is 0 Å². The molecule has 0 heterocycles. The summed E-state index contributed by atoms with van der Waals surface area (Å²) in [6, 6.07) is 8.93. The molecule has 0 unspecified atom stereocenters. The molecule has 45 heavy (non-hydrogen) atoms. The zero-order valence-electron chi connectivity index (χ0n) is 24.0. The summed E-state index contributed by atoms with van der Waals surface area (Å²) >= 11 is 5.91. The van der Waals surface area contributed by atoms with Gasteiger partial charge in [0.2, 0.25) is 0 Å². The van der Waals surface area contributed by atoms with E-state index < -0.39 is 64.6 Å². The van der Waals surface area contributed by atoms with E-state index in [1.807, 2.05) is 6.92 Å². The summed E-state index contributed by atoms with van der Waals surface area (Å²) in [4.78, 5) is 28.2. The van der Waals surface area contributed by atoms with Crippen LogP contribution in [0, 0.1) is 13.8 Å². The largest absolute Gasteiger partial charge is 0.494 e. The fraction of sp³-hybridized carbons (Fsp3) is 0.333. The van der Waals surface area contributed by atoms with Crippen LogP contribution >= 0.6 is 11.6 Å². The minimum absolute atomic E-state index is 0.0570. The maximum absolute atomic E-state index is 14.7. The first kappa shape index (κ1) is 35.5. The highest BCUT2D eigenvalue weighted by molar-refractivity contribution is 6.32. The first-order valence-corrected chi connectivity index (χ1v) is 13.4. The Kier molecular flexibility index (Phi) is 10.4. The number of para-hydroxylation sites is 1. The zero-order chi connectivity index (χ0) is 34.1. The lowest BCUT2D eigenvalue weighted by atomic mass is 9.91. The van der Waals surface area contributed by atoms with E-state index in [-0.39, 0.29) is 35.7 Å². The van der Waals surface area contributed by atoms with Gasteiger partial charge in [0.1, 0.15) is 5.75 Å². The topological polar surface area (TPSA) is 55.8 Å². The molecule has 0 aromatic heterocycles. The molecule has 0 radical (unpaired) electrons. The highest BCUT2D eigenvalue weighted by Crippen LogP contribution is 2.54. The SMILES string of the molecule is CCN(C(=O)c1ccc(C)cc1C)c1cccc(C(=O)Cc2c(Cl)cc(C(F)(C(F)(F)F)C(F)(F)F)cc2OC(F)F)c1OC. The number of ketones is 1. The van der Waals surface area contributed by atoms with E-state index in [0.717, 1.165) is 5.56 Å². The highest BCUT2D eigenvalue weighted by Gasteiger charge is 2.73. The van der Waals surface area contributed by atoms with E-state index in [0.29, 0.717) is 11.1 Å². The number of anilines is 1. The number of carbonyl (C=O) groups is 2. The van der Waals surface area contributed by atoms with Gasteiger partial charge in [-0.3, -0.25) is 9.59 Å². The van der Waals surface area contributed by atoms with Gasteiger partial charge < -0.3 is 14.4 Å². The predicted octanol–water partition coefficient (Wildman–Crippen LogP) is 8.95. The quantitative estimate of drug-likeness (QED) is 0.160. The molecule has 1 amide bonds. The zero-order valence-corrected chi connectivity index (χ0v) is 24.7. The minimum Gasteiger partial charge on any atom is -0.494 e. The maximum atomic E-state index is 14.7. The van der Waals surface area contributed by atoms with Crippen LogP contribution in [0.1, 0.15) is 49.9 Å². The number of aryl methyl sites for hydroxylation is 2. The Morgan fingerprint density at radius 1 is 0.911 bits per heavy atom. The molecule has 0 aliphatic carbocycles. The molecule has 0 aliphatic heterocycles. The number of benzene rings is 3. The van der Waals surface area contributed by atoms with Crippen molar-refractivity contribution in [2.24, 2.45) is 0 Å². The summed E-state index contributed by atoms with van der Waals surface area (Å²) in [5.41, 5.74) is -7.12. The first-order chi connectivity index (χ1) is 20.8. The van der Waals surface area contributed by atoms with Crippen molar-refractivity contribution >= 4 is 29.0 Å². The number of alkyl halides is 9. The first-order valence-electron chi connectivity index (χ1n) is 13.0. The van der Waals surface area contributed by atoms with Crippen LogP contribution in [0.15, 0.2) is 48.5 Å². The summed E-state index contributed by atoms with van der Waals surface area (Å²) < 4.78 is 131. The molecule has 0 saturated carbocycles. The molecule has 15 heteroatoms. The summed E-state index contributed by atoms with van der Waals surface area (Å²) in [5.74, 6) is -2.95. The predicted molar refractivity (Wildman–Crippen MR) is 147 cm³/mol. The number of halogens is 10. The third-order valence-electron chi connectivity index (χ3n) is 6.85. The Morgan fingerprint density at radius 2 is 1.53 bits per heavy atom. The fourth-order valence-electron chi connectivity index (χ4n) is 4.72.